The number of aryl methyl sites for hydroxylation is 1. The first-order valence-electron chi connectivity index (χ1n) is 11.1. The van der Waals surface area contributed by atoms with Gasteiger partial charge in [0.15, 0.2) is 11.0 Å². The molecule has 0 aliphatic rings. The summed E-state index contributed by atoms with van der Waals surface area (Å²) in [5, 5.41) is 16.4. The molecular weight excluding hydrogens is 448 g/mol. The molecule has 2 aromatic heterocycles. The number of aromatic nitrogens is 5. The second-order valence-corrected chi connectivity index (χ2v) is 9.49. The van der Waals surface area contributed by atoms with Gasteiger partial charge in [0, 0.05) is 17.8 Å². The molecule has 2 aromatic carbocycles. The molecule has 0 fully saturated rings. The SMILES string of the molecule is COc1ccccc1-c1nnc(SC(C)C(=O)Nc2ccnn2C(C)C)n1-c1ccc(C)cc1. The van der Waals surface area contributed by atoms with E-state index in [9.17, 15) is 4.79 Å². The Hall–Kier alpha value is -3.59. The zero-order valence-electron chi connectivity index (χ0n) is 19.9. The van der Waals surface area contributed by atoms with Crippen molar-refractivity contribution in [1.29, 1.82) is 0 Å². The lowest BCUT2D eigenvalue weighted by atomic mass is 10.1. The number of carbonyl (C=O) groups excluding carboxylic acids is 1. The van der Waals surface area contributed by atoms with E-state index in [4.69, 9.17) is 4.74 Å². The van der Waals surface area contributed by atoms with E-state index in [0.717, 1.165) is 16.8 Å². The van der Waals surface area contributed by atoms with Crippen LogP contribution in [-0.4, -0.2) is 42.8 Å². The molecule has 1 N–H and O–H groups in total. The first kappa shape index (κ1) is 23.6. The molecule has 8 nitrogen and oxygen atoms in total. The molecule has 0 aliphatic carbocycles. The first-order valence-corrected chi connectivity index (χ1v) is 11.9. The zero-order valence-corrected chi connectivity index (χ0v) is 20.7. The third-order valence-electron chi connectivity index (χ3n) is 5.34. The minimum absolute atomic E-state index is 0.135. The summed E-state index contributed by atoms with van der Waals surface area (Å²) in [6.45, 7) is 7.93. The van der Waals surface area contributed by atoms with E-state index in [2.05, 4.69) is 20.6 Å². The predicted molar refractivity (Wildman–Crippen MR) is 135 cm³/mol. The molecule has 1 atom stereocenters. The number of amides is 1. The quantitative estimate of drug-likeness (QED) is 0.354. The summed E-state index contributed by atoms with van der Waals surface area (Å²) in [4.78, 5) is 13.0. The van der Waals surface area contributed by atoms with Gasteiger partial charge in [-0.1, -0.05) is 41.6 Å². The normalized spacial score (nSPS) is 12.1. The van der Waals surface area contributed by atoms with Gasteiger partial charge in [-0.2, -0.15) is 5.10 Å². The van der Waals surface area contributed by atoms with Gasteiger partial charge in [-0.3, -0.25) is 9.36 Å². The Bertz CT molecular complexity index is 1280. The molecule has 0 saturated carbocycles. The zero-order chi connectivity index (χ0) is 24.2. The van der Waals surface area contributed by atoms with E-state index in [0.29, 0.717) is 22.5 Å². The molecule has 1 unspecified atom stereocenters. The highest BCUT2D eigenvalue weighted by Crippen LogP contribution is 2.34. The van der Waals surface area contributed by atoms with Gasteiger partial charge in [0.1, 0.15) is 11.6 Å². The van der Waals surface area contributed by atoms with Crippen molar-refractivity contribution in [2.45, 2.75) is 44.1 Å². The topological polar surface area (TPSA) is 86.9 Å². The fourth-order valence-electron chi connectivity index (χ4n) is 3.54. The van der Waals surface area contributed by atoms with Crippen molar-refractivity contribution < 1.29 is 9.53 Å². The van der Waals surface area contributed by atoms with Crippen molar-refractivity contribution in [2.75, 3.05) is 12.4 Å². The molecule has 0 bridgehead atoms. The number of anilines is 1. The smallest absolute Gasteiger partial charge is 0.238 e. The van der Waals surface area contributed by atoms with Crippen LogP contribution in [0.5, 0.6) is 5.75 Å². The Kier molecular flexibility index (Phi) is 7.02. The second kappa shape index (κ2) is 10.1. The van der Waals surface area contributed by atoms with Crippen LogP contribution in [0.1, 0.15) is 32.4 Å². The van der Waals surface area contributed by atoms with Crippen LogP contribution in [0.2, 0.25) is 0 Å². The van der Waals surface area contributed by atoms with E-state index in [1.165, 1.54) is 11.8 Å². The standard InChI is InChI=1S/C25H28N6O2S/c1-16(2)31-22(14-15-26-31)27-24(32)18(4)34-25-29-28-23(20-8-6-7-9-21(20)33-5)30(25)19-12-10-17(3)11-13-19/h6-16,18H,1-5H3,(H,27,32). The van der Waals surface area contributed by atoms with Crippen LogP contribution in [0.4, 0.5) is 5.82 Å². The molecule has 2 heterocycles. The Morgan fingerprint density at radius 1 is 1.03 bits per heavy atom. The largest absolute Gasteiger partial charge is 0.496 e. The molecule has 4 aromatic rings. The van der Waals surface area contributed by atoms with Crippen LogP contribution in [0.15, 0.2) is 66.0 Å². The van der Waals surface area contributed by atoms with E-state index >= 15 is 0 Å². The molecule has 0 aliphatic heterocycles. The molecule has 0 spiro atoms. The number of nitrogens with zero attached hydrogens (tertiary/aromatic N) is 5. The maximum Gasteiger partial charge on any atom is 0.238 e. The number of hydrogen-bond acceptors (Lipinski definition) is 6. The van der Waals surface area contributed by atoms with Crippen LogP contribution in [0.3, 0.4) is 0 Å². The summed E-state index contributed by atoms with van der Waals surface area (Å²) >= 11 is 1.35. The second-order valence-electron chi connectivity index (χ2n) is 8.18. The number of ether oxygens (including phenoxy) is 1. The summed E-state index contributed by atoms with van der Waals surface area (Å²) in [7, 11) is 1.63. The summed E-state index contributed by atoms with van der Waals surface area (Å²) < 4.78 is 9.31. The van der Waals surface area contributed by atoms with E-state index in [-0.39, 0.29) is 11.9 Å². The fourth-order valence-corrected chi connectivity index (χ4v) is 4.41. The Labute approximate surface area is 203 Å². The summed E-state index contributed by atoms with van der Waals surface area (Å²) in [5.41, 5.74) is 2.88. The van der Waals surface area contributed by atoms with E-state index in [1.54, 1.807) is 24.1 Å². The van der Waals surface area contributed by atoms with Crippen molar-refractivity contribution in [3.8, 4) is 22.8 Å². The predicted octanol–water partition coefficient (Wildman–Crippen LogP) is 5.15. The molecule has 9 heteroatoms. The average molecular weight is 477 g/mol. The number of benzene rings is 2. The van der Waals surface area contributed by atoms with Gasteiger partial charge in [0.2, 0.25) is 5.91 Å². The lowest BCUT2D eigenvalue weighted by molar-refractivity contribution is -0.115. The molecule has 0 radical (unpaired) electrons. The summed E-state index contributed by atoms with van der Waals surface area (Å²) in [6, 6.07) is 17.8. The minimum Gasteiger partial charge on any atom is -0.496 e. The van der Waals surface area contributed by atoms with Crippen molar-refractivity contribution in [3.63, 3.8) is 0 Å². The highest BCUT2D eigenvalue weighted by molar-refractivity contribution is 8.00. The highest BCUT2D eigenvalue weighted by Gasteiger charge is 2.24. The Morgan fingerprint density at radius 3 is 2.47 bits per heavy atom. The lowest BCUT2D eigenvalue weighted by Crippen LogP contribution is -2.25. The number of para-hydroxylation sites is 1. The fraction of sp³-hybridized carbons (Fsp3) is 0.280. The maximum atomic E-state index is 13.0. The van der Waals surface area contributed by atoms with Crippen molar-refractivity contribution in [3.05, 3.63) is 66.4 Å². The van der Waals surface area contributed by atoms with Gasteiger partial charge in [-0.05, 0) is 52.0 Å². The number of carbonyl (C=O) groups is 1. The Morgan fingerprint density at radius 2 is 1.76 bits per heavy atom. The van der Waals surface area contributed by atoms with Crippen LogP contribution in [-0.2, 0) is 4.79 Å². The third-order valence-corrected chi connectivity index (χ3v) is 6.38. The van der Waals surface area contributed by atoms with Crippen molar-refractivity contribution >= 4 is 23.5 Å². The van der Waals surface area contributed by atoms with Crippen LogP contribution >= 0.6 is 11.8 Å². The summed E-state index contributed by atoms with van der Waals surface area (Å²) in [5.74, 6) is 1.88. The van der Waals surface area contributed by atoms with Crippen LogP contribution < -0.4 is 10.1 Å². The number of nitrogens with one attached hydrogen (secondary N) is 1. The van der Waals surface area contributed by atoms with Gasteiger partial charge in [0.05, 0.1) is 24.1 Å². The maximum absolute atomic E-state index is 13.0. The molecular formula is C25H28N6O2S. The minimum atomic E-state index is -0.422. The average Bonchev–Trinajstić information content (AvgIpc) is 3.46. The number of hydrogen-bond donors (Lipinski definition) is 1. The van der Waals surface area contributed by atoms with Gasteiger partial charge >= 0.3 is 0 Å². The van der Waals surface area contributed by atoms with Gasteiger partial charge in [0.25, 0.3) is 0 Å². The van der Waals surface area contributed by atoms with E-state index in [1.807, 2.05) is 80.8 Å². The number of thioether (sulfide) groups is 1. The Balaban J connectivity index is 1.67. The number of methoxy groups -OCH3 is 1. The molecule has 176 valence electrons. The van der Waals surface area contributed by atoms with Gasteiger partial charge in [-0.25, -0.2) is 4.68 Å². The van der Waals surface area contributed by atoms with Gasteiger partial charge < -0.3 is 10.1 Å². The monoisotopic (exact) mass is 476 g/mol. The third kappa shape index (κ3) is 4.84. The molecule has 0 saturated heterocycles. The van der Waals surface area contributed by atoms with E-state index < -0.39 is 5.25 Å². The summed E-state index contributed by atoms with van der Waals surface area (Å²) in [6.07, 6.45) is 1.68. The van der Waals surface area contributed by atoms with Crippen LogP contribution in [0, 0.1) is 6.92 Å². The number of rotatable bonds is 8. The molecule has 34 heavy (non-hydrogen) atoms. The molecule has 1 amide bonds. The van der Waals surface area contributed by atoms with Crippen molar-refractivity contribution in [2.24, 2.45) is 0 Å². The highest BCUT2D eigenvalue weighted by atomic mass is 32.2. The van der Waals surface area contributed by atoms with Crippen molar-refractivity contribution in [1.82, 2.24) is 24.5 Å². The van der Waals surface area contributed by atoms with Crippen LogP contribution in [0.25, 0.3) is 17.1 Å². The van der Waals surface area contributed by atoms with Gasteiger partial charge in [-0.15, -0.1) is 10.2 Å². The first-order chi connectivity index (χ1) is 16.4. The lowest BCUT2D eigenvalue weighted by Gasteiger charge is -2.16. The molecule has 4 rings (SSSR count).